The smallest absolute Gasteiger partial charge is 0.227 e. The highest BCUT2D eigenvalue weighted by Crippen LogP contribution is 2.33. The molecule has 2 aromatic carbocycles. The van der Waals surface area contributed by atoms with Crippen molar-refractivity contribution in [3.63, 3.8) is 0 Å². The molecule has 0 aliphatic carbocycles. The molecule has 3 aromatic rings. The van der Waals surface area contributed by atoms with Gasteiger partial charge in [0.15, 0.2) is 5.58 Å². The summed E-state index contributed by atoms with van der Waals surface area (Å²) in [6.45, 7) is 0. The maximum Gasteiger partial charge on any atom is 0.227 e. The predicted octanol–water partition coefficient (Wildman–Crippen LogP) is 5.03. The lowest BCUT2D eigenvalue weighted by atomic mass is 10.2. The van der Waals surface area contributed by atoms with Crippen LogP contribution in [0, 0.1) is 0 Å². The number of benzene rings is 2. The fourth-order valence-electron chi connectivity index (χ4n) is 1.80. The first-order valence-electron chi connectivity index (χ1n) is 5.57. The minimum absolute atomic E-state index is 0.594. The second kappa shape index (κ2) is 4.98. The third kappa shape index (κ3) is 2.40. The van der Waals surface area contributed by atoms with Crippen molar-refractivity contribution in [1.29, 1.82) is 0 Å². The van der Waals surface area contributed by atoms with E-state index >= 15 is 0 Å². The van der Waals surface area contributed by atoms with Gasteiger partial charge in [0.05, 0.1) is 11.6 Å². The molecule has 0 fully saturated rings. The van der Waals surface area contributed by atoms with Crippen molar-refractivity contribution in [1.82, 2.24) is 4.98 Å². The lowest BCUT2D eigenvalue weighted by Crippen LogP contribution is -1.82. The van der Waals surface area contributed by atoms with Gasteiger partial charge in [0.1, 0.15) is 11.3 Å². The van der Waals surface area contributed by atoms with Crippen molar-refractivity contribution in [3.8, 4) is 17.2 Å². The van der Waals surface area contributed by atoms with Crippen molar-refractivity contribution in [2.24, 2.45) is 0 Å². The van der Waals surface area contributed by atoms with Gasteiger partial charge in [0.2, 0.25) is 5.89 Å². The minimum Gasteiger partial charge on any atom is -0.497 e. The summed E-state index contributed by atoms with van der Waals surface area (Å²) in [5.41, 5.74) is 2.42. The van der Waals surface area contributed by atoms with Crippen LogP contribution in [0.25, 0.3) is 22.6 Å². The summed E-state index contributed by atoms with van der Waals surface area (Å²) in [7, 11) is 1.63. The van der Waals surface area contributed by atoms with E-state index in [4.69, 9.17) is 9.15 Å². The highest BCUT2D eigenvalue weighted by Gasteiger charge is 2.12. The highest BCUT2D eigenvalue weighted by molar-refractivity contribution is 9.11. The molecule has 0 aliphatic rings. The van der Waals surface area contributed by atoms with Gasteiger partial charge < -0.3 is 9.15 Å². The van der Waals surface area contributed by atoms with E-state index in [0.29, 0.717) is 5.89 Å². The van der Waals surface area contributed by atoms with E-state index in [9.17, 15) is 0 Å². The molecule has 0 spiro atoms. The van der Waals surface area contributed by atoms with E-state index in [2.05, 4.69) is 36.8 Å². The van der Waals surface area contributed by atoms with Crippen molar-refractivity contribution in [2.45, 2.75) is 0 Å². The van der Waals surface area contributed by atoms with Gasteiger partial charge in [0, 0.05) is 16.1 Å². The average Bonchev–Trinajstić information content (AvgIpc) is 2.84. The Morgan fingerprint density at radius 1 is 1.11 bits per heavy atom. The molecule has 96 valence electrons. The third-order valence-electron chi connectivity index (χ3n) is 2.75. The Hall–Kier alpha value is -1.33. The van der Waals surface area contributed by atoms with Crippen LogP contribution in [0.4, 0.5) is 0 Å². The van der Waals surface area contributed by atoms with E-state index in [1.165, 1.54) is 0 Å². The molecule has 0 saturated heterocycles. The van der Waals surface area contributed by atoms with E-state index in [1.807, 2.05) is 36.4 Å². The molecule has 0 unspecified atom stereocenters. The van der Waals surface area contributed by atoms with Gasteiger partial charge in [-0.2, -0.15) is 0 Å². The van der Waals surface area contributed by atoms with Gasteiger partial charge >= 0.3 is 0 Å². The van der Waals surface area contributed by atoms with Crippen LogP contribution in [-0.2, 0) is 0 Å². The molecule has 0 aliphatic heterocycles. The Morgan fingerprint density at radius 3 is 2.53 bits per heavy atom. The van der Waals surface area contributed by atoms with Gasteiger partial charge in [-0.3, -0.25) is 0 Å². The molecule has 0 bridgehead atoms. The number of hydrogen-bond donors (Lipinski definition) is 0. The Kier molecular flexibility index (Phi) is 3.33. The number of aromatic nitrogens is 1. The molecule has 1 heterocycles. The summed E-state index contributed by atoms with van der Waals surface area (Å²) >= 11 is 6.87. The van der Waals surface area contributed by atoms with Crippen LogP contribution in [0.15, 0.2) is 49.8 Å². The molecular weight excluding hydrogens is 374 g/mol. The fourth-order valence-corrected chi connectivity index (χ4v) is 2.58. The number of hydrogen-bond acceptors (Lipinski definition) is 3. The number of nitrogens with zero attached hydrogens (tertiary/aromatic N) is 1. The van der Waals surface area contributed by atoms with E-state index in [-0.39, 0.29) is 0 Å². The Balaban J connectivity index is 2.16. The van der Waals surface area contributed by atoms with Crippen molar-refractivity contribution < 1.29 is 9.15 Å². The van der Waals surface area contributed by atoms with Crippen LogP contribution in [0.5, 0.6) is 5.75 Å². The molecule has 0 saturated carbocycles. The molecule has 3 nitrogen and oxygen atoms in total. The normalized spacial score (nSPS) is 10.9. The average molecular weight is 383 g/mol. The van der Waals surface area contributed by atoms with Crippen molar-refractivity contribution >= 4 is 43.0 Å². The van der Waals surface area contributed by atoms with Crippen LogP contribution in [0.3, 0.4) is 0 Å². The van der Waals surface area contributed by atoms with Gasteiger partial charge in [-0.15, -0.1) is 0 Å². The number of oxazole rings is 1. The highest BCUT2D eigenvalue weighted by atomic mass is 79.9. The standard InChI is InChI=1S/C14H9Br2NO2/c1-18-10-6-11(16)13-12(7-10)17-14(19-13)8-2-4-9(15)5-3-8/h2-7H,1H3. The lowest BCUT2D eigenvalue weighted by molar-refractivity contribution is 0.415. The first-order valence-corrected chi connectivity index (χ1v) is 7.16. The monoisotopic (exact) mass is 381 g/mol. The second-order valence-electron chi connectivity index (χ2n) is 3.98. The zero-order chi connectivity index (χ0) is 13.4. The molecule has 0 atom stereocenters. The SMILES string of the molecule is COc1cc(Br)c2oc(-c3ccc(Br)cc3)nc2c1. The largest absolute Gasteiger partial charge is 0.497 e. The maximum absolute atomic E-state index is 5.80. The van der Waals surface area contributed by atoms with Gasteiger partial charge in [-0.25, -0.2) is 4.98 Å². The summed E-state index contributed by atoms with van der Waals surface area (Å²) in [4.78, 5) is 4.49. The number of ether oxygens (including phenoxy) is 1. The molecule has 19 heavy (non-hydrogen) atoms. The Bertz CT molecular complexity index is 735. The van der Waals surface area contributed by atoms with Gasteiger partial charge in [-0.1, -0.05) is 15.9 Å². The number of fused-ring (bicyclic) bond motifs is 1. The Labute approximate surface area is 126 Å². The second-order valence-corrected chi connectivity index (χ2v) is 5.75. The maximum atomic E-state index is 5.80. The summed E-state index contributed by atoms with van der Waals surface area (Å²) in [5.74, 6) is 1.34. The summed E-state index contributed by atoms with van der Waals surface area (Å²) in [6, 6.07) is 11.5. The van der Waals surface area contributed by atoms with Crippen LogP contribution < -0.4 is 4.74 Å². The zero-order valence-corrected chi connectivity index (χ0v) is 13.2. The third-order valence-corrected chi connectivity index (χ3v) is 3.86. The number of rotatable bonds is 2. The van der Waals surface area contributed by atoms with E-state index < -0.39 is 0 Å². The molecule has 3 rings (SSSR count). The first-order chi connectivity index (χ1) is 9.17. The first kappa shape index (κ1) is 12.7. The van der Waals surface area contributed by atoms with Crippen molar-refractivity contribution in [3.05, 3.63) is 45.3 Å². The predicted molar refractivity (Wildman–Crippen MR) is 81.4 cm³/mol. The number of halogens is 2. The fraction of sp³-hybridized carbons (Fsp3) is 0.0714. The summed E-state index contributed by atoms with van der Waals surface area (Å²) in [6.07, 6.45) is 0. The van der Waals surface area contributed by atoms with Crippen LogP contribution in [0.2, 0.25) is 0 Å². The Morgan fingerprint density at radius 2 is 1.84 bits per heavy atom. The van der Waals surface area contributed by atoms with E-state index in [0.717, 1.165) is 31.4 Å². The van der Waals surface area contributed by atoms with Crippen molar-refractivity contribution in [2.75, 3.05) is 7.11 Å². The van der Waals surface area contributed by atoms with E-state index in [1.54, 1.807) is 7.11 Å². The molecule has 0 radical (unpaired) electrons. The topological polar surface area (TPSA) is 35.3 Å². The van der Waals surface area contributed by atoms with Gasteiger partial charge in [0.25, 0.3) is 0 Å². The minimum atomic E-state index is 0.594. The number of methoxy groups -OCH3 is 1. The molecule has 1 aromatic heterocycles. The lowest BCUT2D eigenvalue weighted by Gasteiger charge is -1.98. The quantitative estimate of drug-likeness (QED) is 0.623. The molecule has 5 heteroatoms. The molecule has 0 amide bonds. The van der Waals surface area contributed by atoms with Crippen LogP contribution in [0.1, 0.15) is 0 Å². The molecule has 0 N–H and O–H groups in total. The summed E-state index contributed by atoms with van der Waals surface area (Å²) < 4.78 is 12.9. The summed E-state index contributed by atoms with van der Waals surface area (Å²) in [5, 5.41) is 0. The van der Waals surface area contributed by atoms with Gasteiger partial charge in [-0.05, 0) is 46.3 Å². The zero-order valence-electron chi connectivity index (χ0n) is 9.98. The van der Waals surface area contributed by atoms with Crippen LogP contribution in [-0.4, -0.2) is 12.1 Å². The van der Waals surface area contributed by atoms with Crippen LogP contribution >= 0.6 is 31.9 Å². The molecular formula is C14H9Br2NO2.